The van der Waals surface area contributed by atoms with Gasteiger partial charge in [-0.2, -0.15) is 0 Å². The maximum Gasteiger partial charge on any atom is 0.141 e. The summed E-state index contributed by atoms with van der Waals surface area (Å²) in [4.78, 5) is 5.30. The van der Waals surface area contributed by atoms with Crippen LogP contribution in [0.2, 0.25) is 0 Å². The Balaban J connectivity index is 1.80. The Labute approximate surface area is 186 Å². The van der Waals surface area contributed by atoms with Crippen molar-refractivity contribution in [3.8, 4) is 16.9 Å². The summed E-state index contributed by atoms with van der Waals surface area (Å²) in [7, 11) is 0. The number of benzene rings is 2. The quantitative estimate of drug-likeness (QED) is 0.395. The van der Waals surface area contributed by atoms with Gasteiger partial charge in [-0.05, 0) is 49.1 Å². The highest BCUT2D eigenvalue weighted by molar-refractivity contribution is 9.10. The van der Waals surface area contributed by atoms with Crippen LogP contribution in [-0.2, 0) is 0 Å². The predicted molar refractivity (Wildman–Crippen MR) is 129 cm³/mol. The maximum absolute atomic E-state index is 5.30. The van der Waals surface area contributed by atoms with E-state index < -0.39 is 0 Å². The van der Waals surface area contributed by atoms with Gasteiger partial charge in [0.15, 0.2) is 0 Å². The van der Waals surface area contributed by atoms with Gasteiger partial charge in [-0.25, -0.2) is 4.98 Å². The van der Waals surface area contributed by atoms with Crippen molar-refractivity contribution >= 4 is 21.5 Å². The van der Waals surface area contributed by atoms with Crippen LogP contribution in [0.4, 0.5) is 0 Å². The molecule has 0 N–H and O–H groups in total. The lowest BCUT2D eigenvalue weighted by Crippen LogP contribution is -2.04. The maximum atomic E-state index is 5.30. The van der Waals surface area contributed by atoms with E-state index in [4.69, 9.17) is 4.98 Å². The first-order chi connectivity index (χ1) is 14.8. The molecule has 2 aliphatic carbocycles. The first-order valence-corrected chi connectivity index (χ1v) is 11.2. The molecule has 2 nitrogen and oxygen atoms in total. The molecule has 30 heavy (non-hydrogen) atoms. The molecule has 1 heterocycles. The number of halogens is 1. The van der Waals surface area contributed by atoms with E-state index in [2.05, 4.69) is 118 Å². The molecule has 0 bridgehead atoms. The highest BCUT2D eigenvalue weighted by atomic mass is 79.9. The molecule has 0 amide bonds. The predicted octanol–water partition coefficient (Wildman–Crippen LogP) is 7.63. The normalized spacial score (nSPS) is 17.9. The summed E-state index contributed by atoms with van der Waals surface area (Å²) in [5.41, 5.74) is 5.96. The van der Waals surface area contributed by atoms with Crippen molar-refractivity contribution in [2.75, 3.05) is 0 Å². The molecule has 1 unspecified atom stereocenters. The third kappa shape index (κ3) is 3.66. The van der Waals surface area contributed by atoms with E-state index in [1.54, 1.807) is 0 Å². The van der Waals surface area contributed by atoms with Crippen LogP contribution in [0.5, 0.6) is 0 Å². The average Bonchev–Trinajstić information content (AvgIpc) is 3.22. The summed E-state index contributed by atoms with van der Waals surface area (Å²) in [6.45, 7) is 0. The molecule has 0 saturated heterocycles. The molecule has 2 aromatic carbocycles. The fourth-order valence-electron chi connectivity index (χ4n) is 4.20. The molecule has 0 radical (unpaired) electrons. The average molecular weight is 455 g/mol. The molecule has 0 fully saturated rings. The highest BCUT2D eigenvalue weighted by Gasteiger charge is 2.26. The SMILES string of the molecule is Brc1ccc(-n2c(C3=CC=CCC3)nc(C3C=CC=CC3)c2-c2ccccc2)cc1. The summed E-state index contributed by atoms with van der Waals surface area (Å²) in [6, 6.07) is 19.2. The van der Waals surface area contributed by atoms with E-state index >= 15 is 0 Å². The van der Waals surface area contributed by atoms with E-state index in [0.717, 1.165) is 40.9 Å². The lowest BCUT2D eigenvalue weighted by atomic mass is 9.94. The molecule has 1 atom stereocenters. The molecule has 1 aromatic heterocycles. The van der Waals surface area contributed by atoms with Crippen molar-refractivity contribution in [2.24, 2.45) is 0 Å². The molecular weight excluding hydrogens is 432 g/mol. The minimum Gasteiger partial charge on any atom is -0.292 e. The van der Waals surface area contributed by atoms with Crippen LogP contribution < -0.4 is 0 Å². The van der Waals surface area contributed by atoms with Crippen LogP contribution in [-0.4, -0.2) is 9.55 Å². The molecule has 2 aliphatic rings. The number of hydrogen-bond donors (Lipinski definition) is 0. The molecule has 0 aliphatic heterocycles. The van der Waals surface area contributed by atoms with E-state index in [-0.39, 0.29) is 5.92 Å². The summed E-state index contributed by atoms with van der Waals surface area (Å²) in [5, 5.41) is 0. The van der Waals surface area contributed by atoms with Crippen LogP contribution >= 0.6 is 15.9 Å². The minimum atomic E-state index is 0.278. The third-order valence-corrected chi connectivity index (χ3v) is 6.20. The molecule has 0 saturated carbocycles. The van der Waals surface area contributed by atoms with Crippen molar-refractivity contribution in [3.05, 3.63) is 113 Å². The van der Waals surface area contributed by atoms with Crippen molar-refractivity contribution in [1.82, 2.24) is 9.55 Å². The second-order valence-corrected chi connectivity index (χ2v) is 8.58. The Morgan fingerprint density at radius 3 is 2.43 bits per heavy atom. The van der Waals surface area contributed by atoms with Gasteiger partial charge >= 0.3 is 0 Å². The zero-order chi connectivity index (χ0) is 20.3. The summed E-state index contributed by atoms with van der Waals surface area (Å²) in [6.07, 6.45) is 18.4. The topological polar surface area (TPSA) is 17.8 Å². The van der Waals surface area contributed by atoms with Crippen LogP contribution in [0, 0.1) is 0 Å². The first kappa shape index (κ1) is 19.1. The van der Waals surface area contributed by atoms with E-state index in [1.165, 1.54) is 16.8 Å². The Morgan fingerprint density at radius 1 is 0.900 bits per heavy atom. The zero-order valence-electron chi connectivity index (χ0n) is 16.7. The Hall–Kier alpha value is -2.91. The van der Waals surface area contributed by atoms with Gasteiger partial charge in [-0.15, -0.1) is 0 Å². The lowest BCUT2D eigenvalue weighted by Gasteiger charge is -2.17. The van der Waals surface area contributed by atoms with Gasteiger partial charge in [-0.1, -0.05) is 88.8 Å². The monoisotopic (exact) mass is 454 g/mol. The van der Waals surface area contributed by atoms with Gasteiger partial charge < -0.3 is 0 Å². The zero-order valence-corrected chi connectivity index (χ0v) is 18.3. The first-order valence-electron chi connectivity index (χ1n) is 10.4. The van der Waals surface area contributed by atoms with E-state index in [9.17, 15) is 0 Å². The smallest absolute Gasteiger partial charge is 0.141 e. The standard InChI is InChI=1S/C27H23BrN2/c28-23-16-18-24(19-17-23)30-26(21-12-6-2-7-13-21)25(20-10-4-1-5-11-20)29-27(30)22-14-8-3-9-15-22/h1-8,10,12-14,16-20H,9,11,15H2. The van der Waals surface area contributed by atoms with E-state index in [1.807, 2.05) is 0 Å². The van der Waals surface area contributed by atoms with Gasteiger partial charge in [-0.3, -0.25) is 4.57 Å². The number of rotatable bonds is 4. The largest absolute Gasteiger partial charge is 0.292 e. The van der Waals surface area contributed by atoms with Crippen molar-refractivity contribution in [3.63, 3.8) is 0 Å². The summed E-state index contributed by atoms with van der Waals surface area (Å²) in [5.74, 6) is 1.33. The second kappa shape index (κ2) is 8.45. The number of allylic oxidation sites excluding steroid dienone is 8. The minimum absolute atomic E-state index is 0.278. The Kier molecular flexibility index (Phi) is 5.37. The third-order valence-electron chi connectivity index (χ3n) is 5.67. The molecule has 148 valence electrons. The molecule has 3 aromatic rings. The number of imidazole rings is 1. The second-order valence-electron chi connectivity index (χ2n) is 7.66. The van der Waals surface area contributed by atoms with E-state index in [0.29, 0.717) is 0 Å². The number of nitrogens with zero attached hydrogens (tertiary/aromatic N) is 2. The summed E-state index contributed by atoms with van der Waals surface area (Å²) < 4.78 is 3.43. The fourth-order valence-corrected chi connectivity index (χ4v) is 4.46. The van der Waals surface area contributed by atoms with Gasteiger partial charge in [0, 0.05) is 21.6 Å². The Bertz CT molecular complexity index is 1160. The van der Waals surface area contributed by atoms with Crippen LogP contribution in [0.25, 0.3) is 22.5 Å². The molecule has 3 heteroatoms. The van der Waals surface area contributed by atoms with Gasteiger partial charge in [0.2, 0.25) is 0 Å². The van der Waals surface area contributed by atoms with Gasteiger partial charge in [0.25, 0.3) is 0 Å². The van der Waals surface area contributed by atoms with Crippen LogP contribution in [0.1, 0.15) is 36.7 Å². The van der Waals surface area contributed by atoms with Crippen molar-refractivity contribution in [2.45, 2.75) is 25.2 Å². The van der Waals surface area contributed by atoms with Crippen molar-refractivity contribution < 1.29 is 0 Å². The van der Waals surface area contributed by atoms with Crippen molar-refractivity contribution in [1.29, 1.82) is 0 Å². The van der Waals surface area contributed by atoms with Crippen LogP contribution in [0.15, 0.2) is 102 Å². The van der Waals surface area contributed by atoms with Gasteiger partial charge in [0.05, 0.1) is 11.4 Å². The highest BCUT2D eigenvalue weighted by Crippen LogP contribution is 2.39. The number of hydrogen-bond acceptors (Lipinski definition) is 1. The lowest BCUT2D eigenvalue weighted by molar-refractivity contribution is 0.824. The Morgan fingerprint density at radius 2 is 1.73 bits per heavy atom. The van der Waals surface area contributed by atoms with Gasteiger partial charge in [0.1, 0.15) is 5.82 Å². The summed E-state index contributed by atoms with van der Waals surface area (Å²) >= 11 is 3.58. The molecular formula is C27H23BrN2. The fraction of sp³-hybridized carbons (Fsp3) is 0.148. The molecule has 0 spiro atoms. The molecule has 5 rings (SSSR count). The van der Waals surface area contributed by atoms with Crippen LogP contribution in [0.3, 0.4) is 0 Å². The number of aromatic nitrogens is 2.